The zero-order valence-electron chi connectivity index (χ0n) is 14.5. The van der Waals surface area contributed by atoms with Crippen molar-refractivity contribution in [2.75, 3.05) is 25.1 Å². The average Bonchev–Trinajstić information content (AvgIpc) is 3.09. The van der Waals surface area contributed by atoms with Crippen LogP contribution >= 0.6 is 11.3 Å². The van der Waals surface area contributed by atoms with E-state index in [1.807, 2.05) is 25.1 Å². The summed E-state index contributed by atoms with van der Waals surface area (Å²) in [4.78, 5) is 14.3. The Morgan fingerprint density at radius 2 is 2.08 bits per heavy atom. The Balaban J connectivity index is 2.20. The third-order valence-electron chi connectivity index (χ3n) is 3.70. The minimum absolute atomic E-state index is 0.410. The van der Waals surface area contributed by atoms with Gasteiger partial charge in [0.2, 0.25) is 0 Å². The molecule has 0 saturated heterocycles. The standard InChI is InChI=1S/C18H20N4O2S/c1-4-22(10-5-9-19)14-6-7-15(13(2)12-14)20-21-16-8-11-25-17(16)18(23)24-3/h6-8,11-12H,4-5,10H2,1-3H3. The summed E-state index contributed by atoms with van der Waals surface area (Å²) >= 11 is 1.28. The molecule has 0 aliphatic rings. The quantitative estimate of drug-likeness (QED) is 0.517. The molecule has 2 rings (SSSR count). The van der Waals surface area contributed by atoms with Crippen LogP contribution in [0.4, 0.5) is 17.1 Å². The summed E-state index contributed by atoms with van der Waals surface area (Å²) in [6, 6.07) is 9.81. The van der Waals surface area contributed by atoms with E-state index in [1.54, 1.807) is 11.4 Å². The van der Waals surface area contributed by atoms with E-state index >= 15 is 0 Å². The molecule has 1 aromatic heterocycles. The van der Waals surface area contributed by atoms with E-state index in [4.69, 9.17) is 10.00 Å². The Bertz CT molecular complexity index is 808. The number of rotatable bonds is 7. The van der Waals surface area contributed by atoms with E-state index in [1.165, 1.54) is 18.4 Å². The van der Waals surface area contributed by atoms with Gasteiger partial charge < -0.3 is 9.64 Å². The number of methoxy groups -OCH3 is 1. The molecular formula is C18H20N4O2S. The van der Waals surface area contributed by atoms with Crippen molar-refractivity contribution in [3.05, 3.63) is 40.1 Å². The van der Waals surface area contributed by atoms with Gasteiger partial charge in [-0.1, -0.05) is 0 Å². The number of nitrogens with zero attached hydrogens (tertiary/aromatic N) is 4. The Hall–Kier alpha value is -2.72. The number of carbonyl (C=O) groups excluding carboxylic acids is 1. The number of carbonyl (C=O) groups is 1. The van der Waals surface area contributed by atoms with Crippen LogP contribution in [0.15, 0.2) is 39.9 Å². The molecular weight excluding hydrogens is 336 g/mol. The topological polar surface area (TPSA) is 78.0 Å². The fourth-order valence-electron chi connectivity index (χ4n) is 2.34. The number of azo groups is 1. The van der Waals surface area contributed by atoms with Crippen LogP contribution in [0.5, 0.6) is 0 Å². The molecule has 0 N–H and O–H groups in total. The molecule has 1 aromatic carbocycles. The number of esters is 1. The van der Waals surface area contributed by atoms with Crippen molar-refractivity contribution in [2.24, 2.45) is 10.2 Å². The molecule has 0 unspecified atom stereocenters. The Morgan fingerprint density at radius 1 is 1.32 bits per heavy atom. The lowest BCUT2D eigenvalue weighted by atomic mass is 10.1. The van der Waals surface area contributed by atoms with Gasteiger partial charge in [0.1, 0.15) is 10.6 Å². The zero-order valence-corrected chi connectivity index (χ0v) is 15.3. The van der Waals surface area contributed by atoms with Crippen LogP contribution in [0.2, 0.25) is 0 Å². The first-order chi connectivity index (χ1) is 12.1. The fraction of sp³-hybridized carbons (Fsp3) is 0.333. The minimum Gasteiger partial charge on any atom is -0.465 e. The molecule has 0 aliphatic carbocycles. The minimum atomic E-state index is -0.410. The van der Waals surface area contributed by atoms with Gasteiger partial charge in [0, 0.05) is 18.8 Å². The highest BCUT2D eigenvalue weighted by Gasteiger charge is 2.13. The third kappa shape index (κ3) is 4.64. The van der Waals surface area contributed by atoms with Crippen molar-refractivity contribution in [3.8, 4) is 6.07 Å². The summed E-state index contributed by atoms with van der Waals surface area (Å²) < 4.78 is 4.74. The van der Waals surface area contributed by atoms with Crippen LogP contribution in [0.25, 0.3) is 0 Å². The van der Waals surface area contributed by atoms with Gasteiger partial charge in [-0.25, -0.2) is 4.79 Å². The van der Waals surface area contributed by atoms with Crippen LogP contribution in [-0.4, -0.2) is 26.2 Å². The van der Waals surface area contributed by atoms with Crippen molar-refractivity contribution in [2.45, 2.75) is 20.3 Å². The summed E-state index contributed by atoms with van der Waals surface area (Å²) in [7, 11) is 1.34. The van der Waals surface area contributed by atoms with Gasteiger partial charge in [-0.05, 0) is 49.1 Å². The van der Waals surface area contributed by atoms with Gasteiger partial charge in [0.15, 0.2) is 0 Å². The Kier molecular flexibility index (Phi) is 6.66. The molecule has 0 saturated carbocycles. The molecule has 0 radical (unpaired) electrons. The van der Waals surface area contributed by atoms with E-state index < -0.39 is 5.97 Å². The van der Waals surface area contributed by atoms with E-state index in [9.17, 15) is 4.79 Å². The lowest BCUT2D eigenvalue weighted by Crippen LogP contribution is -2.23. The first-order valence-corrected chi connectivity index (χ1v) is 8.78. The summed E-state index contributed by atoms with van der Waals surface area (Å²) in [5.74, 6) is -0.410. The van der Waals surface area contributed by atoms with E-state index in [2.05, 4.69) is 28.1 Å². The first kappa shape index (κ1) is 18.6. The monoisotopic (exact) mass is 356 g/mol. The molecule has 7 heteroatoms. The third-order valence-corrected chi connectivity index (χ3v) is 4.59. The van der Waals surface area contributed by atoms with Gasteiger partial charge >= 0.3 is 5.97 Å². The molecule has 2 aromatic rings. The van der Waals surface area contributed by atoms with Gasteiger partial charge in [0.05, 0.1) is 25.3 Å². The molecule has 130 valence electrons. The molecule has 25 heavy (non-hydrogen) atoms. The Morgan fingerprint density at radius 3 is 2.72 bits per heavy atom. The SMILES string of the molecule is CCN(CCC#N)c1ccc(N=Nc2ccsc2C(=O)OC)c(C)c1. The normalized spacial score (nSPS) is 10.6. The van der Waals surface area contributed by atoms with E-state index in [0.29, 0.717) is 23.5 Å². The molecule has 0 atom stereocenters. The van der Waals surface area contributed by atoms with Crippen molar-refractivity contribution in [3.63, 3.8) is 0 Å². The zero-order chi connectivity index (χ0) is 18.2. The van der Waals surface area contributed by atoms with Gasteiger partial charge in [-0.2, -0.15) is 10.4 Å². The van der Waals surface area contributed by atoms with Gasteiger partial charge in [-0.15, -0.1) is 16.5 Å². The number of ether oxygens (including phenoxy) is 1. The van der Waals surface area contributed by atoms with Crippen LogP contribution in [0, 0.1) is 18.3 Å². The van der Waals surface area contributed by atoms with Crippen LogP contribution < -0.4 is 4.90 Å². The predicted molar refractivity (Wildman–Crippen MR) is 99.1 cm³/mol. The largest absolute Gasteiger partial charge is 0.465 e. The van der Waals surface area contributed by atoms with Crippen molar-refractivity contribution < 1.29 is 9.53 Å². The predicted octanol–water partition coefficient (Wildman–Crippen LogP) is 5.00. The maximum Gasteiger partial charge on any atom is 0.350 e. The van der Waals surface area contributed by atoms with E-state index in [-0.39, 0.29) is 0 Å². The number of thiophene rings is 1. The number of aryl methyl sites for hydroxylation is 1. The second kappa shape index (κ2) is 8.94. The number of hydrogen-bond donors (Lipinski definition) is 0. The molecule has 0 bridgehead atoms. The second-order valence-electron chi connectivity index (χ2n) is 5.29. The van der Waals surface area contributed by atoms with E-state index in [0.717, 1.165) is 23.5 Å². The van der Waals surface area contributed by atoms with Crippen molar-refractivity contribution in [1.29, 1.82) is 5.26 Å². The summed E-state index contributed by atoms with van der Waals surface area (Å²) in [6.07, 6.45) is 0.489. The van der Waals surface area contributed by atoms with Crippen LogP contribution in [-0.2, 0) is 4.74 Å². The number of hydrogen-bond acceptors (Lipinski definition) is 7. The highest BCUT2D eigenvalue weighted by Crippen LogP contribution is 2.30. The van der Waals surface area contributed by atoms with Crippen LogP contribution in [0.1, 0.15) is 28.6 Å². The first-order valence-electron chi connectivity index (χ1n) is 7.90. The molecule has 0 spiro atoms. The highest BCUT2D eigenvalue weighted by molar-refractivity contribution is 7.12. The number of anilines is 1. The lowest BCUT2D eigenvalue weighted by molar-refractivity contribution is 0.0607. The van der Waals surface area contributed by atoms with Gasteiger partial charge in [0.25, 0.3) is 0 Å². The molecule has 0 fully saturated rings. The fourth-order valence-corrected chi connectivity index (χ4v) is 3.08. The summed E-state index contributed by atoms with van der Waals surface area (Å²) in [6.45, 7) is 5.56. The smallest absolute Gasteiger partial charge is 0.350 e. The molecule has 1 heterocycles. The number of nitriles is 1. The highest BCUT2D eigenvalue weighted by atomic mass is 32.1. The van der Waals surface area contributed by atoms with Crippen molar-refractivity contribution in [1.82, 2.24) is 0 Å². The number of benzene rings is 1. The second-order valence-corrected chi connectivity index (χ2v) is 6.20. The molecule has 0 aliphatic heterocycles. The summed E-state index contributed by atoms with van der Waals surface area (Å²) in [5, 5.41) is 19.0. The molecule has 0 amide bonds. The Labute approximate surface area is 151 Å². The van der Waals surface area contributed by atoms with Crippen molar-refractivity contribution >= 4 is 34.4 Å². The maximum absolute atomic E-state index is 11.7. The maximum atomic E-state index is 11.7. The lowest BCUT2D eigenvalue weighted by Gasteiger charge is -2.22. The van der Waals surface area contributed by atoms with Crippen LogP contribution in [0.3, 0.4) is 0 Å². The average molecular weight is 356 g/mol. The summed E-state index contributed by atoms with van der Waals surface area (Å²) in [5.41, 5.74) is 3.28. The van der Waals surface area contributed by atoms with Gasteiger partial charge in [-0.3, -0.25) is 0 Å². The molecule has 6 nitrogen and oxygen atoms in total.